The number of aryl methyl sites for hydroxylation is 2. The van der Waals surface area contributed by atoms with Crippen molar-refractivity contribution in [2.24, 2.45) is 12.0 Å². The standard InChI is InChI=1S/C19H34N6O.HI/c1-6-20-19(21-10-8-12-25-11-7-9-18(25)26)22-14(2)13-17-15(3)23-24(5)16(17)4;/h14H,6-13H2,1-5H3,(H2,20,21,22);1H. The van der Waals surface area contributed by atoms with Crippen LogP contribution in [0.4, 0.5) is 0 Å². The molecule has 0 aliphatic carbocycles. The lowest BCUT2D eigenvalue weighted by atomic mass is 10.1. The molecule has 1 saturated heterocycles. The van der Waals surface area contributed by atoms with E-state index in [-0.39, 0.29) is 35.9 Å². The molecule has 1 atom stereocenters. The minimum absolute atomic E-state index is 0. The molecule has 0 spiro atoms. The van der Waals surface area contributed by atoms with Crippen LogP contribution in [0.3, 0.4) is 0 Å². The molecular formula is C19H35IN6O. The summed E-state index contributed by atoms with van der Waals surface area (Å²) in [4.78, 5) is 18.3. The van der Waals surface area contributed by atoms with Gasteiger partial charge in [-0.3, -0.25) is 14.5 Å². The highest BCUT2D eigenvalue weighted by Crippen LogP contribution is 2.14. The lowest BCUT2D eigenvalue weighted by Crippen LogP contribution is -2.43. The van der Waals surface area contributed by atoms with Gasteiger partial charge in [-0.15, -0.1) is 24.0 Å². The highest BCUT2D eigenvalue weighted by Gasteiger charge is 2.19. The molecule has 1 aromatic heterocycles. The molecule has 154 valence electrons. The van der Waals surface area contributed by atoms with Gasteiger partial charge < -0.3 is 15.5 Å². The van der Waals surface area contributed by atoms with Crippen LogP contribution < -0.4 is 10.6 Å². The number of guanidine groups is 1. The van der Waals surface area contributed by atoms with E-state index in [1.54, 1.807) is 0 Å². The molecule has 1 aliphatic heterocycles. The van der Waals surface area contributed by atoms with Crippen LogP contribution in [-0.4, -0.2) is 58.8 Å². The molecule has 1 unspecified atom stereocenters. The van der Waals surface area contributed by atoms with Crippen molar-refractivity contribution in [1.82, 2.24) is 25.3 Å². The second-order valence-electron chi connectivity index (χ2n) is 7.12. The summed E-state index contributed by atoms with van der Waals surface area (Å²) in [5, 5.41) is 11.3. The molecule has 0 radical (unpaired) electrons. The highest BCUT2D eigenvalue weighted by molar-refractivity contribution is 14.0. The number of nitrogens with one attached hydrogen (secondary N) is 2. The molecule has 2 heterocycles. The van der Waals surface area contributed by atoms with Gasteiger partial charge in [0.15, 0.2) is 5.96 Å². The molecule has 1 fully saturated rings. The molecule has 0 saturated carbocycles. The fourth-order valence-corrected chi connectivity index (χ4v) is 3.42. The van der Waals surface area contributed by atoms with Crippen molar-refractivity contribution in [2.75, 3.05) is 26.2 Å². The van der Waals surface area contributed by atoms with Gasteiger partial charge in [0.2, 0.25) is 5.91 Å². The normalized spacial score (nSPS) is 15.7. The lowest BCUT2D eigenvalue weighted by molar-refractivity contribution is -0.127. The van der Waals surface area contributed by atoms with Crippen molar-refractivity contribution < 1.29 is 4.79 Å². The number of aliphatic imine (C=N–C) groups is 1. The Labute approximate surface area is 180 Å². The van der Waals surface area contributed by atoms with Crippen LogP contribution in [0.5, 0.6) is 0 Å². The molecule has 2 rings (SSSR count). The quantitative estimate of drug-likeness (QED) is 0.254. The maximum Gasteiger partial charge on any atom is 0.222 e. The van der Waals surface area contributed by atoms with E-state index in [0.717, 1.165) is 57.1 Å². The largest absolute Gasteiger partial charge is 0.357 e. The molecule has 0 bridgehead atoms. The molecule has 0 aromatic carbocycles. The van der Waals surface area contributed by atoms with Crippen LogP contribution in [0.2, 0.25) is 0 Å². The average molecular weight is 490 g/mol. The number of carbonyl (C=O) groups excluding carboxylic acids is 1. The van der Waals surface area contributed by atoms with Gasteiger partial charge in [0.1, 0.15) is 0 Å². The van der Waals surface area contributed by atoms with Gasteiger partial charge in [0, 0.05) is 51.4 Å². The van der Waals surface area contributed by atoms with Crippen LogP contribution in [0.25, 0.3) is 0 Å². The Bertz CT molecular complexity index is 642. The summed E-state index contributed by atoms with van der Waals surface area (Å²) >= 11 is 0. The predicted molar refractivity (Wildman–Crippen MR) is 121 cm³/mol. The molecule has 2 N–H and O–H groups in total. The molecule has 8 heteroatoms. The second-order valence-corrected chi connectivity index (χ2v) is 7.12. The van der Waals surface area contributed by atoms with Gasteiger partial charge in [-0.2, -0.15) is 5.10 Å². The predicted octanol–water partition coefficient (Wildman–Crippen LogP) is 2.15. The van der Waals surface area contributed by atoms with E-state index in [4.69, 9.17) is 0 Å². The van der Waals surface area contributed by atoms with Crippen LogP contribution in [-0.2, 0) is 18.3 Å². The van der Waals surface area contributed by atoms with E-state index >= 15 is 0 Å². The van der Waals surface area contributed by atoms with Crippen molar-refractivity contribution in [3.63, 3.8) is 0 Å². The maximum atomic E-state index is 11.6. The number of likely N-dealkylation sites (tertiary alicyclic amines) is 1. The number of amides is 1. The van der Waals surface area contributed by atoms with E-state index in [0.29, 0.717) is 6.42 Å². The number of aromatic nitrogens is 2. The number of halogens is 1. The zero-order valence-electron chi connectivity index (χ0n) is 17.3. The van der Waals surface area contributed by atoms with Crippen molar-refractivity contribution in [3.8, 4) is 0 Å². The lowest BCUT2D eigenvalue weighted by Gasteiger charge is -2.18. The van der Waals surface area contributed by atoms with E-state index in [1.807, 2.05) is 16.6 Å². The number of hydrogen-bond donors (Lipinski definition) is 2. The summed E-state index contributed by atoms with van der Waals surface area (Å²) in [5.41, 5.74) is 3.61. The molecule has 1 aliphatic rings. The number of nitrogens with zero attached hydrogens (tertiary/aromatic N) is 4. The van der Waals surface area contributed by atoms with Gasteiger partial charge in [-0.05, 0) is 52.5 Å². The number of carbonyl (C=O) groups is 1. The Morgan fingerprint density at radius 1 is 1.37 bits per heavy atom. The smallest absolute Gasteiger partial charge is 0.222 e. The molecule has 1 aromatic rings. The average Bonchev–Trinajstić information content (AvgIpc) is 3.10. The Kier molecular flexibility index (Phi) is 10.1. The molecule has 27 heavy (non-hydrogen) atoms. The van der Waals surface area contributed by atoms with Crippen molar-refractivity contribution in [2.45, 2.75) is 59.4 Å². The van der Waals surface area contributed by atoms with Gasteiger partial charge in [0.25, 0.3) is 0 Å². The minimum atomic E-state index is 0. The highest BCUT2D eigenvalue weighted by atomic mass is 127. The monoisotopic (exact) mass is 490 g/mol. The zero-order valence-corrected chi connectivity index (χ0v) is 19.7. The Hall–Kier alpha value is -1.32. The summed E-state index contributed by atoms with van der Waals surface area (Å²) in [6.07, 6.45) is 3.52. The van der Waals surface area contributed by atoms with E-state index in [1.165, 1.54) is 11.3 Å². The SMILES string of the molecule is CCNC(=NCCCN1CCCC1=O)NC(C)Cc1c(C)nn(C)c1C.I. The third kappa shape index (κ3) is 6.97. The summed E-state index contributed by atoms with van der Waals surface area (Å²) < 4.78 is 1.94. The van der Waals surface area contributed by atoms with Crippen LogP contribution in [0, 0.1) is 13.8 Å². The first-order chi connectivity index (χ1) is 12.4. The minimum Gasteiger partial charge on any atom is -0.357 e. The summed E-state index contributed by atoms with van der Waals surface area (Å²) in [6, 6.07) is 0.259. The topological polar surface area (TPSA) is 74.6 Å². The Morgan fingerprint density at radius 3 is 2.67 bits per heavy atom. The van der Waals surface area contributed by atoms with Gasteiger partial charge in [-0.1, -0.05) is 0 Å². The van der Waals surface area contributed by atoms with E-state index in [2.05, 4.69) is 48.4 Å². The zero-order chi connectivity index (χ0) is 19.1. The van der Waals surface area contributed by atoms with Crippen molar-refractivity contribution in [3.05, 3.63) is 17.0 Å². The first kappa shape index (κ1) is 23.7. The third-order valence-corrected chi connectivity index (χ3v) is 4.92. The first-order valence-electron chi connectivity index (χ1n) is 9.74. The first-order valence-corrected chi connectivity index (χ1v) is 9.74. The molecular weight excluding hydrogens is 455 g/mol. The maximum absolute atomic E-state index is 11.6. The second kappa shape index (κ2) is 11.5. The van der Waals surface area contributed by atoms with Crippen LogP contribution in [0.1, 0.15) is 50.1 Å². The van der Waals surface area contributed by atoms with Crippen LogP contribution >= 0.6 is 24.0 Å². The fourth-order valence-electron chi connectivity index (χ4n) is 3.42. The summed E-state index contributed by atoms with van der Waals surface area (Å²) in [5.74, 6) is 1.13. The van der Waals surface area contributed by atoms with Gasteiger partial charge in [-0.25, -0.2) is 0 Å². The third-order valence-electron chi connectivity index (χ3n) is 4.92. The Morgan fingerprint density at radius 2 is 2.11 bits per heavy atom. The fraction of sp³-hybridized carbons (Fsp3) is 0.737. The van der Waals surface area contributed by atoms with E-state index in [9.17, 15) is 4.79 Å². The van der Waals surface area contributed by atoms with Crippen molar-refractivity contribution >= 4 is 35.8 Å². The van der Waals surface area contributed by atoms with Crippen LogP contribution in [0.15, 0.2) is 4.99 Å². The van der Waals surface area contributed by atoms with Gasteiger partial charge in [0.05, 0.1) is 5.69 Å². The molecule has 1 amide bonds. The number of rotatable bonds is 8. The van der Waals surface area contributed by atoms with Gasteiger partial charge >= 0.3 is 0 Å². The van der Waals surface area contributed by atoms with Crippen molar-refractivity contribution in [1.29, 1.82) is 0 Å². The number of hydrogen-bond acceptors (Lipinski definition) is 3. The Balaban J connectivity index is 0.00000364. The van der Waals surface area contributed by atoms with E-state index < -0.39 is 0 Å². The summed E-state index contributed by atoms with van der Waals surface area (Å²) in [6.45, 7) is 11.7. The molecule has 7 nitrogen and oxygen atoms in total. The summed E-state index contributed by atoms with van der Waals surface area (Å²) in [7, 11) is 1.99.